The molecule has 6 nitrogen and oxygen atoms in total. The van der Waals surface area contributed by atoms with E-state index in [-0.39, 0.29) is 11.6 Å². The number of carbonyl (C=O) groups excluding carboxylic acids is 1. The molecular weight excluding hydrogens is 340 g/mol. The van der Waals surface area contributed by atoms with Gasteiger partial charge in [0.2, 0.25) is 0 Å². The molecule has 0 aliphatic carbocycles. The first kappa shape index (κ1) is 18.4. The van der Waals surface area contributed by atoms with Crippen molar-refractivity contribution in [3.8, 4) is 5.75 Å². The molecule has 1 aromatic heterocycles. The molecule has 0 aliphatic rings. The summed E-state index contributed by atoms with van der Waals surface area (Å²) >= 11 is 0. The maximum absolute atomic E-state index is 12.2. The second kappa shape index (κ2) is 8.80. The number of aryl methyl sites for hydroxylation is 1. The van der Waals surface area contributed by atoms with E-state index in [2.05, 4.69) is 20.8 Å². The van der Waals surface area contributed by atoms with E-state index >= 15 is 0 Å². The minimum absolute atomic E-state index is 0.245. The fraction of sp³-hybridized carbons (Fsp3) is 0.190. The van der Waals surface area contributed by atoms with E-state index in [0.717, 1.165) is 22.4 Å². The van der Waals surface area contributed by atoms with E-state index in [1.165, 1.54) is 0 Å². The highest BCUT2D eigenvalue weighted by Gasteiger charge is 2.08. The number of hydrogen-bond donors (Lipinski definition) is 2. The van der Waals surface area contributed by atoms with Gasteiger partial charge in [0.05, 0.1) is 7.11 Å². The van der Waals surface area contributed by atoms with Gasteiger partial charge in [0.25, 0.3) is 5.91 Å². The lowest BCUT2D eigenvalue weighted by molar-refractivity contribution is 0.0945. The predicted molar refractivity (Wildman–Crippen MR) is 105 cm³/mol. The summed E-state index contributed by atoms with van der Waals surface area (Å²) < 4.78 is 5.14. The van der Waals surface area contributed by atoms with Gasteiger partial charge in [-0.15, -0.1) is 10.2 Å². The molecule has 0 fully saturated rings. The van der Waals surface area contributed by atoms with Gasteiger partial charge in [-0.25, -0.2) is 0 Å². The van der Waals surface area contributed by atoms with Gasteiger partial charge >= 0.3 is 0 Å². The molecule has 1 amide bonds. The molecule has 0 spiro atoms. The van der Waals surface area contributed by atoms with Crippen LogP contribution in [0.15, 0.2) is 60.7 Å². The van der Waals surface area contributed by atoms with Crippen LogP contribution in [0.1, 0.15) is 27.2 Å². The van der Waals surface area contributed by atoms with E-state index in [9.17, 15) is 4.79 Å². The fourth-order valence-corrected chi connectivity index (χ4v) is 2.58. The highest BCUT2D eigenvalue weighted by molar-refractivity contribution is 5.92. The fourth-order valence-electron chi connectivity index (χ4n) is 2.58. The summed E-state index contributed by atoms with van der Waals surface area (Å²) in [7, 11) is 1.64. The van der Waals surface area contributed by atoms with E-state index in [4.69, 9.17) is 4.74 Å². The Balaban J connectivity index is 1.52. The number of benzene rings is 2. The molecule has 0 radical (unpaired) electrons. The molecule has 138 valence electrons. The van der Waals surface area contributed by atoms with E-state index in [0.29, 0.717) is 18.9 Å². The lowest BCUT2D eigenvalue weighted by Gasteiger charge is -2.08. The standard InChI is InChI=1S/C21H22N4O2/c1-15-4-3-5-17(12-15)14-23-21(26)19-10-11-20(25-24-19)22-13-16-6-8-18(27-2)9-7-16/h3-12H,13-14H2,1-2H3,(H,22,25)(H,23,26). The topological polar surface area (TPSA) is 76.1 Å². The molecule has 0 bridgehead atoms. The quantitative estimate of drug-likeness (QED) is 0.674. The minimum atomic E-state index is -0.245. The normalized spacial score (nSPS) is 10.3. The predicted octanol–water partition coefficient (Wildman–Crippen LogP) is 3.34. The second-order valence-corrected chi connectivity index (χ2v) is 6.18. The first-order chi connectivity index (χ1) is 13.1. The summed E-state index contributed by atoms with van der Waals surface area (Å²) in [6, 6.07) is 19.2. The van der Waals surface area contributed by atoms with Gasteiger partial charge in [0.1, 0.15) is 11.6 Å². The number of nitrogens with zero attached hydrogens (tertiary/aromatic N) is 2. The first-order valence-corrected chi connectivity index (χ1v) is 8.68. The summed E-state index contributed by atoms with van der Waals surface area (Å²) in [5.74, 6) is 1.19. The van der Waals surface area contributed by atoms with Crippen LogP contribution in [0.25, 0.3) is 0 Å². The summed E-state index contributed by atoms with van der Waals surface area (Å²) in [5.41, 5.74) is 3.60. The molecule has 3 rings (SSSR count). The molecule has 3 aromatic rings. The smallest absolute Gasteiger partial charge is 0.272 e. The van der Waals surface area contributed by atoms with Gasteiger partial charge in [-0.2, -0.15) is 0 Å². The highest BCUT2D eigenvalue weighted by Crippen LogP contribution is 2.12. The molecule has 2 N–H and O–H groups in total. The van der Waals surface area contributed by atoms with Gasteiger partial charge in [0, 0.05) is 13.1 Å². The van der Waals surface area contributed by atoms with Crippen LogP contribution in [0.5, 0.6) is 5.75 Å². The highest BCUT2D eigenvalue weighted by atomic mass is 16.5. The Bertz CT molecular complexity index is 893. The average Bonchev–Trinajstić information content (AvgIpc) is 2.71. The first-order valence-electron chi connectivity index (χ1n) is 8.68. The number of nitrogens with one attached hydrogen (secondary N) is 2. The van der Waals surface area contributed by atoms with Crippen molar-refractivity contribution in [2.75, 3.05) is 12.4 Å². The van der Waals surface area contributed by atoms with E-state index in [1.54, 1.807) is 19.2 Å². The second-order valence-electron chi connectivity index (χ2n) is 6.18. The zero-order chi connectivity index (χ0) is 19.1. The number of anilines is 1. The van der Waals surface area contributed by atoms with Crippen molar-refractivity contribution in [2.24, 2.45) is 0 Å². The minimum Gasteiger partial charge on any atom is -0.497 e. The van der Waals surface area contributed by atoms with Gasteiger partial charge < -0.3 is 15.4 Å². The van der Waals surface area contributed by atoms with Crippen LogP contribution in [0.2, 0.25) is 0 Å². The third kappa shape index (κ3) is 5.28. The van der Waals surface area contributed by atoms with Gasteiger partial charge in [-0.1, -0.05) is 42.0 Å². The van der Waals surface area contributed by atoms with E-state index in [1.807, 2.05) is 55.5 Å². The largest absolute Gasteiger partial charge is 0.497 e. The molecule has 6 heteroatoms. The van der Waals surface area contributed by atoms with Crippen LogP contribution in [-0.4, -0.2) is 23.2 Å². The van der Waals surface area contributed by atoms with Crippen molar-refractivity contribution in [3.63, 3.8) is 0 Å². The Morgan fingerprint density at radius 3 is 2.44 bits per heavy atom. The van der Waals surface area contributed by atoms with Crippen molar-refractivity contribution < 1.29 is 9.53 Å². The van der Waals surface area contributed by atoms with Crippen molar-refractivity contribution in [2.45, 2.75) is 20.0 Å². The van der Waals surface area contributed by atoms with Crippen molar-refractivity contribution >= 4 is 11.7 Å². The lowest BCUT2D eigenvalue weighted by Crippen LogP contribution is -2.24. The zero-order valence-corrected chi connectivity index (χ0v) is 15.4. The van der Waals surface area contributed by atoms with Crippen LogP contribution < -0.4 is 15.4 Å². The third-order valence-electron chi connectivity index (χ3n) is 4.07. The van der Waals surface area contributed by atoms with Crippen molar-refractivity contribution in [1.29, 1.82) is 0 Å². The average molecular weight is 362 g/mol. The van der Waals surface area contributed by atoms with Crippen LogP contribution in [0.3, 0.4) is 0 Å². The maximum Gasteiger partial charge on any atom is 0.272 e. The zero-order valence-electron chi connectivity index (χ0n) is 15.4. The molecular formula is C21H22N4O2. The number of methoxy groups -OCH3 is 1. The molecule has 1 heterocycles. The van der Waals surface area contributed by atoms with Crippen molar-refractivity contribution in [3.05, 3.63) is 83.0 Å². The molecule has 27 heavy (non-hydrogen) atoms. The number of carbonyl (C=O) groups is 1. The molecule has 0 saturated heterocycles. The monoisotopic (exact) mass is 362 g/mol. The number of rotatable bonds is 7. The maximum atomic E-state index is 12.2. The lowest BCUT2D eigenvalue weighted by atomic mass is 10.1. The summed E-state index contributed by atoms with van der Waals surface area (Å²) in [5, 5.41) is 14.1. The Morgan fingerprint density at radius 1 is 0.963 bits per heavy atom. The Kier molecular flexibility index (Phi) is 5.99. The molecule has 0 saturated carbocycles. The number of aromatic nitrogens is 2. The van der Waals surface area contributed by atoms with Crippen LogP contribution in [-0.2, 0) is 13.1 Å². The van der Waals surface area contributed by atoms with Gasteiger partial charge in [-0.3, -0.25) is 4.79 Å². The Morgan fingerprint density at radius 2 is 1.78 bits per heavy atom. The van der Waals surface area contributed by atoms with Crippen molar-refractivity contribution in [1.82, 2.24) is 15.5 Å². The van der Waals surface area contributed by atoms with Gasteiger partial charge in [0.15, 0.2) is 5.69 Å². The van der Waals surface area contributed by atoms with Crippen LogP contribution in [0.4, 0.5) is 5.82 Å². The molecule has 0 atom stereocenters. The number of amides is 1. The number of ether oxygens (including phenoxy) is 1. The summed E-state index contributed by atoms with van der Waals surface area (Å²) in [6.07, 6.45) is 0. The Labute approximate surface area is 158 Å². The summed E-state index contributed by atoms with van der Waals surface area (Å²) in [6.45, 7) is 3.09. The Hall–Kier alpha value is -3.41. The van der Waals surface area contributed by atoms with Gasteiger partial charge in [-0.05, 0) is 42.3 Å². The summed E-state index contributed by atoms with van der Waals surface area (Å²) in [4.78, 5) is 12.2. The molecule has 0 unspecified atom stereocenters. The van der Waals surface area contributed by atoms with Crippen LogP contribution in [0, 0.1) is 6.92 Å². The molecule has 0 aliphatic heterocycles. The van der Waals surface area contributed by atoms with E-state index < -0.39 is 0 Å². The molecule has 2 aromatic carbocycles. The SMILES string of the molecule is COc1ccc(CNc2ccc(C(=O)NCc3cccc(C)c3)nn2)cc1. The third-order valence-corrected chi connectivity index (χ3v) is 4.07. The number of hydrogen-bond acceptors (Lipinski definition) is 5. The van der Waals surface area contributed by atoms with Crippen LogP contribution >= 0.6 is 0 Å².